The minimum absolute atomic E-state index is 0.283. The number of ether oxygens (including phenoxy) is 1. The minimum Gasteiger partial charge on any atom is -0.489 e. The first-order chi connectivity index (χ1) is 13.1. The summed E-state index contributed by atoms with van der Waals surface area (Å²) in [7, 11) is 0. The Morgan fingerprint density at radius 3 is 2.52 bits per heavy atom. The van der Waals surface area contributed by atoms with E-state index in [2.05, 4.69) is 0 Å². The highest BCUT2D eigenvalue weighted by molar-refractivity contribution is 6.30. The third-order valence-electron chi connectivity index (χ3n) is 4.09. The summed E-state index contributed by atoms with van der Waals surface area (Å²) in [6.45, 7) is 0.458. The Bertz CT molecular complexity index is 949. The molecule has 0 spiro atoms. The van der Waals surface area contributed by atoms with Crippen LogP contribution in [0.4, 0.5) is 0 Å². The van der Waals surface area contributed by atoms with E-state index >= 15 is 0 Å². The lowest BCUT2D eigenvalue weighted by Crippen LogP contribution is -1.99. The van der Waals surface area contributed by atoms with Crippen LogP contribution in [0.25, 0.3) is 6.08 Å². The molecule has 3 aromatic carbocycles. The molecule has 0 saturated carbocycles. The molecule has 3 rings (SSSR count). The molecule has 27 heavy (non-hydrogen) atoms. The summed E-state index contributed by atoms with van der Waals surface area (Å²) >= 11 is 6.12. The first kappa shape index (κ1) is 18.7. The fraction of sp³-hybridized carbons (Fsp3) is 0.0870. The van der Waals surface area contributed by atoms with E-state index in [1.165, 1.54) is 0 Å². The second kappa shape index (κ2) is 9.06. The van der Waals surface area contributed by atoms with E-state index < -0.39 is 5.97 Å². The van der Waals surface area contributed by atoms with E-state index in [4.69, 9.17) is 16.3 Å². The molecule has 3 nitrogen and oxygen atoms in total. The van der Waals surface area contributed by atoms with Gasteiger partial charge in [-0.1, -0.05) is 78.4 Å². The molecule has 0 radical (unpaired) electrons. The van der Waals surface area contributed by atoms with Crippen LogP contribution in [0.3, 0.4) is 0 Å². The second-order valence-corrected chi connectivity index (χ2v) is 6.46. The quantitative estimate of drug-likeness (QED) is 0.559. The number of rotatable bonds is 7. The fourth-order valence-corrected chi connectivity index (χ4v) is 2.88. The van der Waals surface area contributed by atoms with Gasteiger partial charge in [0.25, 0.3) is 0 Å². The SMILES string of the molecule is O=C(O)c1ccccc1C=CCc1ccc(Cl)cc1OCc1ccccc1. The zero-order valence-corrected chi connectivity index (χ0v) is 15.4. The molecule has 136 valence electrons. The van der Waals surface area contributed by atoms with Gasteiger partial charge in [-0.3, -0.25) is 0 Å². The number of carboxylic acids is 1. The van der Waals surface area contributed by atoms with Crippen molar-refractivity contribution in [1.82, 2.24) is 0 Å². The molecule has 0 amide bonds. The standard InChI is InChI=1S/C23H19ClO3/c24-20-14-13-19(22(15-20)27-16-17-7-2-1-3-8-17)11-6-10-18-9-4-5-12-21(18)23(25)26/h1-10,12-15H,11,16H2,(H,25,26). The van der Waals surface area contributed by atoms with Crippen molar-refractivity contribution >= 4 is 23.6 Å². The molecule has 1 N–H and O–H groups in total. The highest BCUT2D eigenvalue weighted by Crippen LogP contribution is 2.25. The Labute approximate surface area is 163 Å². The molecule has 0 bridgehead atoms. The topological polar surface area (TPSA) is 46.5 Å². The second-order valence-electron chi connectivity index (χ2n) is 6.03. The molecule has 4 heteroatoms. The maximum Gasteiger partial charge on any atom is 0.336 e. The molecular weight excluding hydrogens is 360 g/mol. The van der Waals surface area contributed by atoms with Crippen molar-refractivity contribution < 1.29 is 14.6 Å². The summed E-state index contributed by atoms with van der Waals surface area (Å²) in [5.74, 6) is -0.212. The highest BCUT2D eigenvalue weighted by Gasteiger charge is 2.07. The molecule has 0 aromatic heterocycles. The average molecular weight is 379 g/mol. The molecule has 0 saturated heterocycles. The zero-order chi connectivity index (χ0) is 19.1. The number of halogens is 1. The van der Waals surface area contributed by atoms with Crippen molar-refractivity contribution in [2.24, 2.45) is 0 Å². The van der Waals surface area contributed by atoms with Gasteiger partial charge in [0.15, 0.2) is 0 Å². The third kappa shape index (κ3) is 5.22. The maximum atomic E-state index is 11.3. The summed E-state index contributed by atoms with van der Waals surface area (Å²) in [6.07, 6.45) is 4.36. The molecule has 0 aliphatic heterocycles. The lowest BCUT2D eigenvalue weighted by molar-refractivity contribution is 0.0696. The zero-order valence-electron chi connectivity index (χ0n) is 14.6. The van der Waals surface area contributed by atoms with Gasteiger partial charge in [-0.25, -0.2) is 4.79 Å². The average Bonchev–Trinajstić information content (AvgIpc) is 2.69. The largest absolute Gasteiger partial charge is 0.489 e. The number of carboxylic acid groups (broad SMARTS) is 1. The summed E-state index contributed by atoms with van der Waals surface area (Å²) < 4.78 is 5.96. The lowest BCUT2D eigenvalue weighted by atomic mass is 10.1. The van der Waals surface area contributed by atoms with E-state index in [0.717, 1.165) is 16.9 Å². The van der Waals surface area contributed by atoms with E-state index in [9.17, 15) is 9.90 Å². The molecule has 0 unspecified atom stereocenters. The normalized spacial score (nSPS) is 10.9. The van der Waals surface area contributed by atoms with Gasteiger partial charge in [0.2, 0.25) is 0 Å². The molecule has 0 atom stereocenters. The molecule has 0 fully saturated rings. The van der Waals surface area contributed by atoms with Crippen molar-refractivity contribution in [1.29, 1.82) is 0 Å². The molecular formula is C23H19ClO3. The maximum absolute atomic E-state index is 11.3. The van der Waals surface area contributed by atoms with E-state index in [-0.39, 0.29) is 5.56 Å². The van der Waals surface area contributed by atoms with Crippen LogP contribution in [0.1, 0.15) is 27.0 Å². The minimum atomic E-state index is -0.936. The first-order valence-electron chi connectivity index (χ1n) is 8.57. The summed E-state index contributed by atoms with van der Waals surface area (Å²) in [5.41, 5.74) is 3.02. The van der Waals surface area contributed by atoms with Crippen LogP contribution in [-0.4, -0.2) is 11.1 Å². The van der Waals surface area contributed by atoms with Crippen molar-refractivity contribution in [3.8, 4) is 5.75 Å². The van der Waals surface area contributed by atoms with Crippen LogP contribution in [0.15, 0.2) is 78.9 Å². The number of carbonyl (C=O) groups is 1. The van der Waals surface area contributed by atoms with Gasteiger partial charge in [0.1, 0.15) is 12.4 Å². The van der Waals surface area contributed by atoms with Crippen molar-refractivity contribution in [2.45, 2.75) is 13.0 Å². The number of hydrogen-bond acceptors (Lipinski definition) is 2. The van der Waals surface area contributed by atoms with Crippen LogP contribution >= 0.6 is 11.6 Å². The predicted molar refractivity (Wildman–Crippen MR) is 108 cm³/mol. The first-order valence-corrected chi connectivity index (χ1v) is 8.95. The Morgan fingerprint density at radius 2 is 1.74 bits per heavy atom. The van der Waals surface area contributed by atoms with Crippen molar-refractivity contribution in [2.75, 3.05) is 0 Å². The van der Waals surface area contributed by atoms with Crippen molar-refractivity contribution in [3.05, 3.63) is 106 Å². The van der Waals surface area contributed by atoms with Gasteiger partial charge in [0.05, 0.1) is 5.56 Å². The third-order valence-corrected chi connectivity index (χ3v) is 4.33. The van der Waals surface area contributed by atoms with E-state index in [0.29, 0.717) is 23.6 Å². The van der Waals surface area contributed by atoms with Gasteiger partial charge < -0.3 is 9.84 Å². The van der Waals surface area contributed by atoms with Gasteiger partial charge in [-0.05, 0) is 41.3 Å². The van der Waals surface area contributed by atoms with Crippen LogP contribution in [0.2, 0.25) is 5.02 Å². The van der Waals surface area contributed by atoms with Gasteiger partial charge in [-0.2, -0.15) is 0 Å². The summed E-state index contributed by atoms with van der Waals surface area (Å²) in [5, 5.41) is 9.88. The smallest absolute Gasteiger partial charge is 0.336 e. The fourth-order valence-electron chi connectivity index (χ4n) is 2.72. The number of benzene rings is 3. The number of aromatic carboxylic acids is 1. The van der Waals surface area contributed by atoms with Crippen LogP contribution in [0.5, 0.6) is 5.75 Å². The van der Waals surface area contributed by atoms with Crippen LogP contribution in [0, 0.1) is 0 Å². The predicted octanol–water partition coefficient (Wildman–Crippen LogP) is 5.87. The number of hydrogen-bond donors (Lipinski definition) is 1. The van der Waals surface area contributed by atoms with Crippen molar-refractivity contribution in [3.63, 3.8) is 0 Å². The lowest BCUT2D eigenvalue weighted by Gasteiger charge is -2.11. The van der Waals surface area contributed by atoms with Gasteiger partial charge in [-0.15, -0.1) is 0 Å². The Hall–Kier alpha value is -3.04. The van der Waals surface area contributed by atoms with E-state index in [1.807, 2.05) is 60.7 Å². The van der Waals surface area contributed by atoms with Crippen LogP contribution < -0.4 is 4.74 Å². The Morgan fingerprint density at radius 1 is 1.00 bits per heavy atom. The molecule has 0 aliphatic rings. The molecule has 3 aromatic rings. The molecule has 0 heterocycles. The van der Waals surface area contributed by atoms with Gasteiger partial charge in [0, 0.05) is 5.02 Å². The van der Waals surface area contributed by atoms with Gasteiger partial charge >= 0.3 is 5.97 Å². The number of allylic oxidation sites excluding steroid dienone is 1. The summed E-state index contributed by atoms with van der Waals surface area (Å²) in [6, 6.07) is 22.4. The summed E-state index contributed by atoms with van der Waals surface area (Å²) in [4.78, 5) is 11.3. The molecule has 0 aliphatic carbocycles. The highest BCUT2D eigenvalue weighted by atomic mass is 35.5. The van der Waals surface area contributed by atoms with Crippen LogP contribution in [-0.2, 0) is 13.0 Å². The Balaban J connectivity index is 1.74. The monoisotopic (exact) mass is 378 g/mol. The van der Waals surface area contributed by atoms with E-state index in [1.54, 1.807) is 24.3 Å². The Kier molecular flexibility index (Phi) is 6.29.